The number of hydrogen-bond acceptors (Lipinski definition) is 3. The first-order valence-corrected chi connectivity index (χ1v) is 6.85. The molecule has 1 aliphatic carbocycles. The van der Waals surface area contributed by atoms with Gasteiger partial charge in [-0.3, -0.25) is 0 Å². The highest BCUT2D eigenvalue weighted by atomic mass is 16.5. The van der Waals surface area contributed by atoms with Gasteiger partial charge >= 0.3 is 0 Å². The number of aliphatic hydroxyl groups is 1. The molecule has 0 unspecified atom stereocenters. The minimum atomic E-state index is -0.562. The Morgan fingerprint density at radius 3 is 2.39 bits per heavy atom. The van der Waals surface area contributed by atoms with Crippen LogP contribution in [0.25, 0.3) is 0 Å². The predicted molar refractivity (Wildman–Crippen MR) is 70.6 cm³/mol. The van der Waals surface area contributed by atoms with E-state index < -0.39 is 5.60 Å². The monoisotopic (exact) mass is 247 g/mol. The Hall–Kier alpha value is -0.900. The lowest BCUT2D eigenvalue weighted by Crippen LogP contribution is -2.48. The zero-order valence-corrected chi connectivity index (χ0v) is 10.7. The van der Waals surface area contributed by atoms with Gasteiger partial charge in [0.05, 0.1) is 5.60 Å². The van der Waals surface area contributed by atoms with E-state index in [1.54, 1.807) is 0 Å². The van der Waals surface area contributed by atoms with Crippen molar-refractivity contribution in [2.45, 2.75) is 37.3 Å². The minimum absolute atomic E-state index is 0.481. The van der Waals surface area contributed by atoms with E-state index in [1.165, 1.54) is 11.1 Å². The van der Waals surface area contributed by atoms with Gasteiger partial charge in [0.15, 0.2) is 0 Å². The summed E-state index contributed by atoms with van der Waals surface area (Å²) in [5.41, 5.74) is 2.34. The van der Waals surface area contributed by atoms with Crippen LogP contribution < -0.4 is 5.32 Å². The maximum absolute atomic E-state index is 10.4. The first kappa shape index (κ1) is 12.2. The molecule has 3 nitrogen and oxygen atoms in total. The van der Waals surface area contributed by atoms with Gasteiger partial charge in [-0.15, -0.1) is 0 Å². The zero-order valence-electron chi connectivity index (χ0n) is 10.7. The van der Waals surface area contributed by atoms with Crippen LogP contribution in [0, 0.1) is 0 Å². The summed E-state index contributed by atoms with van der Waals surface area (Å²) in [4.78, 5) is 0. The summed E-state index contributed by atoms with van der Waals surface area (Å²) in [5, 5.41) is 13.9. The molecule has 1 heterocycles. The van der Waals surface area contributed by atoms with Gasteiger partial charge < -0.3 is 15.2 Å². The van der Waals surface area contributed by atoms with Gasteiger partial charge in [-0.2, -0.15) is 0 Å². The van der Waals surface area contributed by atoms with E-state index in [4.69, 9.17) is 4.74 Å². The van der Waals surface area contributed by atoms with Gasteiger partial charge in [0, 0.05) is 38.6 Å². The van der Waals surface area contributed by atoms with Crippen LogP contribution >= 0.6 is 0 Å². The fraction of sp³-hybridized carbons (Fsp3) is 0.600. The molecule has 1 saturated heterocycles. The first-order valence-electron chi connectivity index (χ1n) is 6.85. The molecular formula is C15H21NO2. The second kappa shape index (κ2) is 5.00. The van der Waals surface area contributed by atoms with E-state index in [0.717, 1.165) is 25.7 Å². The van der Waals surface area contributed by atoms with Crippen molar-refractivity contribution in [2.75, 3.05) is 19.8 Å². The van der Waals surface area contributed by atoms with Crippen LogP contribution in [-0.4, -0.2) is 36.5 Å². The van der Waals surface area contributed by atoms with Crippen LogP contribution in [0.15, 0.2) is 24.3 Å². The maximum Gasteiger partial charge on any atom is 0.0815 e. The molecule has 1 aliphatic heterocycles. The fourth-order valence-corrected chi connectivity index (χ4v) is 2.97. The molecule has 0 spiro atoms. The first-order chi connectivity index (χ1) is 8.75. The third-order valence-corrected chi connectivity index (χ3v) is 4.19. The lowest BCUT2D eigenvalue weighted by Gasteiger charge is -2.33. The Bertz CT molecular complexity index is 388. The summed E-state index contributed by atoms with van der Waals surface area (Å²) in [6, 6.07) is 9.11. The van der Waals surface area contributed by atoms with E-state index in [0.29, 0.717) is 25.8 Å². The summed E-state index contributed by atoms with van der Waals surface area (Å²) >= 11 is 0. The Balaban J connectivity index is 1.53. The normalized spacial score (nSPS) is 22.9. The zero-order chi connectivity index (χ0) is 12.4. The van der Waals surface area contributed by atoms with Crippen LogP contribution in [0.4, 0.5) is 0 Å². The third-order valence-electron chi connectivity index (χ3n) is 4.19. The second-order valence-corrected chi connectivity index (χ2v) is 5.59. The van der Waals surface area contributed by atoms with Crippen LogP contribution in [0.2, 0.25) is 0 Å². The Morgan fingerprint density at radius 2 is 1.78 bits per heavy atom. The molecule has 1 aromatic carbocycles. The van der Waals surface area contributed by atoms with Crippen molar-refractivity contribution in [3.05, 3.63) is 35.4 Å². The molecule has 0 radical (unpaired) electrons. The molecule has 0 aromatic heterocycles. The molecule has 0 saturated carbocycles. The summed E-state index contributed by atoms with van der Waals surface area (Å²) in [6.07, 6.45) is 3.67. The van der Waals surface area contributed by atoms with Crippen molar-refractivity contribution in [3.63, 3.8) is 0 Å². The molecule has 18 heavy (non-hydrogen) atoms. The quantitative estimate of drug-likeness (QED) is 0.845. The van der Waals surface area contributed by atoms with Gasteiger partial charge in [0.1, 0.15) is 0 Å². The Kier molecular flexibility index (Phi) is 3.37. The average molecular weight is 247 g/mol. The molecule has 0 bridgehead atoms. The van der Waals surface area contributed by atoms with Crippen molar-refractivity contribution < 1.29 is 9.84 Å². The number of rotatable bonds is 3. The van der Waals surface area contributed by atoms with E-state index in [2.05, 4.69) is 29.6 Å². The molecule has 2 N–H and O–H groups in total. The Morgan fingerprint density at radius 1 is 1.17 bits per heavy atom. The molecule has 3 heteroatoms. The van der Waals surface area contributed by atoms with Gasteiger partial charge in [0.25, 0.3) is 0 Å². The molecule has 2 aliphatic rings. The summed E-state index contributed by atoms with van der Waals surface area (Å²) < 4.78 is 5.30. The van der Waals surface area contributed by atoms with Crippen LogP contribution in [0.1, 0.15) is 24.0 Å². The van der Waals surface area contributed by atoms with E-state index in [9.17, 15) is 5.11 Å². The molecule has 1 aromatic rings. The average Bonchev–Trinajstić information content (AvgIpc) is 2.80. The molecule has 0 atom stereocenters. The lowest BCUT2D eigenvalue weighted by molar-refractivity contribution is -0.0626. The van der Waals surface area contributed by atoms with E-state index in [1.807, 2.05) is 0 Å². The van der Waals surface area contributed by atoms with Gasteiger partial charge in [-0.05, 0) is 24.0 Å². The summed E-state index contributed by atoms with van der Waals surface area (Å²) in [5.74, 6) is 0. The summed E-state index contributed by atoms with van der Waals surface area (Å²) in [7, 11) is 0. The SMILES string of the molecule is OC1(CNC2Cc3ccccc3C2)CCOCC1. The van der Waals surface area contributed by atoms with E-state index >= 15 is 0 Å². The highest BCUT2D eigenvalue weighted by Gasteiger charge is 2.31. The van der Waals surface area contributed by atoms with Gasteiger partial charge in [0.2, 0.25) is 0 Å². The van der Waals surface area contributed by atoms with Crippen molar-refractivity contribution in [1.29, 1.82) is 0 Å². The minimum Gasteiger partial charge on any atom is -0.388 e. The molecule has 1 fully saturated rings. The number of nitrogens with one attached hydrogen (secondary N) is 1. The smallest absolute Gasteiger partial charge is 0.0815 e. The lowest BCUT2D eigenvalue weighted by atomic mass is 9.94. The second-order valence-electron chi connectivity index (χ2n) is 5.59. The van der Waals surface area contributed by atoms with E-state index in [-0.39, 0.29) is 0 Å². The predicted octanol–water partition coefficient (Wildman–Crippen LogP) is 1.28. The van der Waals surface area contributed by atoms with Crippen molar-refractivity contribution in [2.24, 2.45) is 0 Å². The molecule has 3 rings (SSSR count). The van der Waals surface area contributed by atoms with Crippen molar-refractivity contribution >= 4 is 0 Å². The molecule has 0 amide bonds. The Labute approximate surface area is 108 Å². The fourth-order valence-electron chi connectivity index (χ4n) is 2.97. The maximum atomic E-state index is 10.4. The topological polar surface area (TPSA) is 41.5 Å². The molecule has 98 valence electrons. The van der Waals surface area contributed by atoms with Gasteiger partial charge in [-0.25, -0.2) is 0 Å². The highest BCUT2D eigenvalue weighted by molar-refractivity contribution is 5.33. The van der Waals surface area contributed by atoms with Crippen LogP contribution in [0.5, 0.6) is 0 Å². The van der Waals surface area contributed by atoms with Crippen LogP contribution in [-0.2, 0) is 17.6 Å². The van der Waals surface area contributed by atoms with Crippen molar-refractivity contribution in [3.8, 4) is 0 Å². The van der Waals surface area contributed by atoms with Crippen molar-refractivity contribution in [1.82, 2.24) is 5.32 Å². The largest absolute Gasteiger partial charge is 0.388 e. The highest BCUT2D eigenvalue weighted by Crippen LogP contribution is 2.24. The number of fused-ring (bicyclic) bond motifs is 1. The number of ether oxygens (including phenoxy) is 1. The molecular weight excluding hydrogens is 226 g/mol. The van der Waals surface area contributed by atoms with Crippen LogP contribution in [0.3, 0.4) is 0 Å². The summed E-state index contributed by atoms with van der Waals surface area (Å²) in [6.45, 7) is 2.06. The third kappa shape index (κ3) is 2.58. The van der Waals surface area contributed by atoms with Gasteiger partial charge in [-0.1, -0.05) is 24.3 Å². The standard InChI is InChI=1S/C15H21NO2/c17-15(5-7-18-8-6-15)11-16-14-9-12-3-1-2-4-13(12)10-14/h1-4,14,16-17H,5-11H2. The number of benzene rings is 1. The number of hydrogen-bond donors (Lipinski definition) is 2.